The topological polar surface area (TPSA) is 86.8 Å². The van der Waals surface area contributed by atoms with E-state index in [0.717, 1.165) is 26.2 Å². The summed E-state index contributed by atoms with van der Waals surface area (Å²) in [6, 6.07) is 22.2. The van der Waals surface area contributed by atoms with Crippen LogP contribution in [0.2, 0.25) is 5.02 Å². The highest BCUT2D eigenvalue weighted by Gasteiger charge is 2.32. The first kappa shape index (κ1) is 27.7. The predicted molar refractivity (Wildman–Crippen MR) is 146 cm³/mol. The van der Waals surface area contributed by atoms with Crippen LogP contribution >= 0.6 is 27.5 Å². The first-order chi connectivity index (χ1) is 17.1. The van der Waals surface area contributed by atoms with E-state index in [0.29, 0.717) is 5.02 Å². The van der Waals surface area contributed by atoms with Crippen LogP contribution in [0.4, 0.5) is 5.69 Å². The summed E-state index contributed by atoms with van der Waals surface area (Å²) in [6.07, 6.45) is 1.29. The van der Waals surface area contributed by atoms with Gasteiger partial charge in [0.1, 0.15) is 12.6 Å². The number of sulfonamides is 1. The van der Waals surface area contributed by atoms with Crippen molar-refractivity contribution in [2.24, 2.45) is 0 Å². The van der Waals surface area contributed by atoms with Crippen molar-refractivity contribution in [2.75, 3.05) is 24.2 Å². The van der Waals surface area contributed by atoms with Crippen molar-refractivity contribution in [2.45, 2.75) is 19.0 Å². The Morgan fingerprint density at radius 2 is 1.64 bits per heavy atom. The molecule has 2 amide bonds. The summed E-state index contributed by atoms with van der Waals surface area (Å²) in [4.78, 5) is 28.3. The number of benzene rings is 3. The molecule has 0 spiro atoms. The van der Waals surface area contributed by atoms with Crippen LogP contribution in [0.15, 0.2) is 83.3 Å². The molecule has 0 bridgehead atoms. The fraction of sp³-hybridized carbons (Fsp3) is 0.231. The molecule has 190 valence electrons. The van der Waals surface area contributed by atoms with Gasteiger partial charge in [-0.05, 0) is 41.5 Å². The number of carbonyl (C=O) groups excluding carboxylic acids is 2. The van der Waals surface area contributed by atoms with E-state index in [4.69, 9.17) is 11.6 Å². The maximum atomic E-state index is 13.8. The molecule has 3 aromatic carbocycles. The fourth-order valence-electron chi connectivity index (χ4n) is 3.80. The lowest BCUT2D eigenvalue weighted by Crippen LogP contribution is -2.52. The van der Waals surface area contributed by atoms with Gasteiger partial charge in [0.05, 0.1) is 11.9 Å². The maximum absolute atomic E-state index is 13.8. The van der Waals surface area contributed by atoms with Gasteiger partial charge >= 0.3 is 0 Å². The van der Waals surface area contributed by atoms with E-state index in [1.54, 1.807) is 18.2 Å². The van der Waals surface area contributed by atoms with Crippen molar-refractivity contribution in [3.63, 3.8) is 0 Å². The number of carbonyl (C=O) groups is 2. The zero-order chi connectivity index (χ0) is 26.3. The zero-order valence-electron chi connectivity index (χ0n) is 19.9. The van der Waals surface area contributed by atoms with Crippen molar-refractivity contribution in [1.29, 1.82) is 0 Å². The summed E-state index contributed by atoms with van der Waals surface area (Å²) in [5.41, 5.74) is 1.92. The molecule has 7 nitrogen and oxygen atoms in total. The first-order valence-electron chi connectivity index (χ1n) is 11.1. The lowest BCUT2D eigenvalue weighted by molar-refractivity contribution is -0.139. The van der Waals surface area contributed by atoms with Gasteiger partial charge in [0, 0.05) is 29.5 Å². The molecule has 0 aliphatic heterocycles. The van der Waals surface area contributed by atoms with E-state index in [2.05, 4.69) is 21.2 Å². The number of hydrogen-bond donors (Lipinski definition) is 1. The summed E-state index contributed by atoms with van der Waals surface area (Å²) >= 11 is 9.53. The predicted octanol–water partition coefficient (Wildman–Crippen LogP) is 4.25. The standard InChI is InChI=1S/C26H27BrClN3O4S/c1-29-26(33)24(15-19-8-4-3-5-9-19)30(17-20-10-6-11-21(27)14-20)25(32)18-31(36(2,34)35)23-13-7-12-22(28)16-23/h3-14,16,24H,15,17-18H2,1-2H3,(H,29,33)/t24-/m0/s1. The molecule has 0 radical (unpaired) electrons. The van der Waals surface area contributed by atoms with Crippen LogP contribution in [0, 0.1) is 0 Å². The van der Waals surface area contributed by atoms with Crippen molar-refractivity contribution in [1.82, 2.24) is 10.2 Å². The van der Waals surface area contributed by atoms with Gasteiger partial charge in [0.25, 0.3) is 0 Å². The maximum Gasteiger partial charge on any atom is 0.244 e. The minimum atomic E-state index is -3.83. The molecule has 0 aromatic heterocycles. The number of halogens is 2. The van der Waals surface area contributed by atoms with Gasteiger partial charge in [-0.15, -0.1) is 0 Å². The Kier molecular flexibility index (Phi) is 9.53. The van der Waals surface area contributed by atoms with E-state index in [1.807, 2.05) is 54.6 Å². The number of likely N-dealkylation sites (N-methyl/N-ethyl adjacent to an activating group) is 1. The second-order valence-corrected chi connectivity index (χ2v) is 11.5. The second kappa shape index (κ2) is 12.4. The van der Waals surface area contributed by atoms with E-state index < -0.39 is 28.5 Å². The van der Waals surface area contributed by atoms with Crippen LogP contribution < -0.4 is 9.62 Å². The molecule has 0 unspecified atom stereocenters. The second-order valence-electron chi connectivity index (χ2n) is 8.22. The fourth-order valence-corrected chi connectivity index (χ4v) is 5.27. The quantitative estimate of drug-likeness (QED) is 0.381. The Hall–Kier alpha value is -2.88. The Balaban J connectivity index is 2.03. The van der Waals surface area contributed by atoms with Crippen LogP contribution in [0.5, 0.6) is 0 Å². The smallest absolute Gasteiger partial charge is 0.244 e. The van der Waals surface area contributed by atoms with Gasteiger partial charge in [-0.2, -0.15) is 0 Å². The van der Waals surface area contributed by atoms with Gasteiger partial charge in [0.15, 0.2) is 0 Å². The van der Waals surface area contributed by atoms with E-state index in [-0.39, 0.29) is 24.6 Å². The molecule has 0 heterocycles. The zero-order valence-corrected chi connectivity index (χ0v) is 23.1. The minimum Gasteiger partial charge on any atom is -0.357 e. The van der Waals surface area contributed by atoms with Gasteiger partial charge in [-0.1, -0.05) is 76.1 Å². The van der Waals surface area contributed by atoms with E-state index in [9.17, 15) is 18.0 Å². The highest BCUT2D eigenvalue weighted by Crippen LogP contribution is 2.23. The lowest BCUT2D eigenvalue weighted by Gasteiger charge is -2.33. The molecular formula is C26H27BrClN3O4S. The Bertz CT molecular complexity index is 1320. The van der Waals surface area contributed by atoms with Gasteiger partial charge in [-0.3, -0.25) is 13.9 Å². The molecule has 0 aliphatic rings. The lowest BCUT2D eigenvalue weighted by atomic mass is 10.0. The molecule has 3 aromatic rings. The van der Waals surface area contributed by atoms with Crippen molar-refractivity contribution < 1.29 is 18.0 Å². The summed E-state index contributed by atoms with van der Waals surface area (Å²) < 4.78 is 27.2. The van der Waals surface area contributed by atoms with Crippen LogP contribution in [-0.4, -0.2) is 51.0 Å². The summed E-state index contributed by atoms with van der Waals surface area (Å²) in [7, 11) is -2.32. The normalized spacial score (nSPS) is 12.0. The summed E-state index contributed by atoms with van der Waals surface area (Å²) in [5.74, 6) is -0.874. The minimum absolute atomic E-state index is 0.107. The molecule has 0 saturated heterocycles. The van der Waals surface area contributed by atoms with E-state index in [1.165, 1.54) is 18.0 Å². The van der Waals surface area contributed by atoms with Crippen LogP contribution in [0.3, 0.4) is 0 Å². The molecule has 3 rings (SSSR count). The number of amides is 2. The highest BCUT2D eigenvalue weighted by molar-refractivity contribution is 9.10. The molecule has 0 saturated carbocycles. The molecule has 36 heavy (non-hydrogen) atoms. The summed E-state index contributed by atoms with van der Waals surface area (Å²) in [6.45, 7) is -0.383. The summed E-state index contributed by atoms with van der Waals surface area (Å²) in [5, 5.41) is 2.99. The monoisotopic (exact) mass is 591 g/mol. The Morgan fingerprint density at radius 3 is 2.25 bits per heavy atom. The highest BCUT2D eigenvalue weighted by atomic mass is 79.9. The van der Waals surface area contributed by atoms with Crippen LogP contribution in [0.1, 0.15) is 11.1 Å². The molecule has 1 N–H and O–H groups in total. The third kappa shape index (κ3) is 7.56. The number of anilines is 1. The average Bonchev–Trinajstić information content (AvgIpc) is 2.84. The first-order valence-corrected chi connectivity index (χ1v) is 14.1. The Morgan fingerprint density at radius 1 is 0.972 bits per heavy atom. The van der Waals surface area contributed by atoms with E-state index >= 15 is 0 Å². The van der Waals surface area contributed by atoms with Crippen LogP contribution in [0.25, 0.3) is 0 Å². The van der Waals surface area contributed by atoms with Crippen molar-refractivity contribution in [3.05, 3.63) is 99.5 Å². The number of nitrogens with one attached hydrogen (secondary N) is 1. The Labute approximate surface area is 225 Å². The SMILES string of the molecule is CNC(=O)[C@H](Cc1ccccc1)N(Cc1cccc(Br)c1)C(=O)CN(c1cccc(Cl)c1)S(C)(=O)=O. The number of rotatable bonds is 10. The third-order valence-corrected chi connectivity index (χ3v) is 7.40. The van der Waals surface area contributed by atoms with Gasteiger partial charge < -0.3 is 10.2 Å². The number of nitrogens with zero attached hydrogens (tertiary/aromatic N) is 2. The molecule has 0 fully saturated rings. The van der Waals surface area contributed by atoms with Crippen molar-refractivity contribution >= 4 is 55.1 Å². The largest absolute Gasteiger partial charge is 0.357 e. The van der Waals surface area contributed by atoms with Crippen molar-refractivity contribution in [3.8, 4) is 0 Å². The third-order valence-electron chi connectivity index (χ3n) is 5.53. The number of hydrogen-bond acceptors (Lipinski definition) is 4. The average molecular weight is 593 g/mol. The molecule has 10 heteroatoms. The van der Waals surface area contributed by atoms with Gasteiger partial charge in [-0.25, -0.2) is 8.42 Å². The molecule has 1 atom stereocenters. The molecule has 0 aliphatic carbocycles. The van der Waals surface area contributed by atoms with Gasteiger partial charge in [0.2, 0.25) is 21.8 Å². The molecular weight excluding hydrogens is 566 g/mol. The van der Waals surface area contributed by atoms with Crippen LogP contribution in [-0.2, 0) is 32.6 Å².